The highest BCUT2D eigenvalue weighted by molar-refractivity contribution is 6.10. The Bertz CT molecular complexity index is 2710. The van der Waals surface area contributed by atoms with E-state index in [1.807, 2.05) is 18.2 Å². The van der Waals surface area contributed by atoms with Gasteiger partial charge in [0.25, 0.3) is 0 Å². The van der Waals surface area contributed by atoms with Crippen LogP contribution in [0.3, 0.4) is 0 Å². The fourth-order valence-electron chi connectivity index (χ4n) is 7.53. The lowest BCUT2D eigenvalue weighted by molar-refractivity contribution is 0.477. The van der Waals surface area contributed by atoms with Crippen LogP contribution in [-0.4, -0.2) is 4.57 Å². The van der Waals surface area contributed by atoms with Crippen molar-refractivity contribution in [1.82, 2.24) is 4.57 Å². The van der Waals surface area contributed by atoms with Crippen molar-refractivity contribution >= 4 is 38.9 Å². The van der Waals surface area contributed by atoms with Gasteiger partial charge in [0.2, 0.25) is 0 Å². The van der Waals surface area contributed by atoms with Gasteiger partial charge < -0.3 is 14.2 Å². The summed E-state index contributed by atoms with van der Waals surface area (Å²) in [5.41, 5.74) is 13.8. The largest absolute Gasteiger partial charge is 0.453 e. The molecule has 0 fully saturated rings. The van der Waals surface area contributed by atoms with Gasteiger partial charge in [-0.25, -0.2) is 0 Å². The number of benzene rings is 8. The second-order valence-electron chi connectivity index (χ2n) is 13.0. The molecule has 9 aromatic rings. The highest BCUT2D eigenvalue weighted by Gasteiger charge is 2.26. The number of rotatable bonds is 5. The van der Waals surface area contributed by atoms with Gasteiger partial charge in [-0.2, -0.15) is 0 Å². The third-order valence-electron chi connectivity index (χ3n) is 9.98. The quantitative estimate of drug-likeness (QED) is 0.184. The molecule has 1 aliphatic rings. The maximum Gasteiger partial charge on any atom is 0.152 e. The highest BCUT2D eigenvalue weighted by atomic mass is 16.5. The zero-order valence-electron chi connectivity index (χ0n) is 27.8. The van der Waals surface area contributed by atoms with Crippen molar-refractivity contribution in [2.45, 2.75) is 0 Å². The van der Waals surface area contributed by atoms with E-state index in [0.717, 1.165) is 45.4 Å². The average molecular weight is 653 g/mol. The van der Waals surface area contributed by atoms with Gasteiger partial charge in [-0.1, -0.05) is 127 Å². The van der Waals surface area contributed by atoms with Crippen molar-refractivity contribution in [3.63, 3.8) is 0 Å². The van der Waals surface area contributed by atoms with E-state index in [4.69, 9.17) is 4.74 Å². The lowest BCUT2D eigenvalue weighted by Gasteiger charge is -2.33. The molecular weight excluding hydrogens is 621 g/mol. The molecule has 0 saturated heterocycles. The Morgan fingerprint density at radius 3 is 1.69 bits per heavy atom. The summed E-state index contributed by atoms with van der Waals surface area (Å²) in [7, 11) is 0. The minimum absolute atomic E-state index is 0.843. The summed E-state index contributed by atoms with van der Waals surface area (Å²) in [6.07, 6.45) is 0. The molecule has 1 aliphatic heterocycles. The smallest absolute Gasteiger partial charge is 0.152 e. The van der Waals surface area contributed by atoms with E-state index < -0.39 is 0 Å². The first kappa shape index (κ1) is 29.1. The zero-order chi connectivity index (χ0) is 33.7. The number of hydrogen-bond donors (Lipinski definition) is 0. The first-order chi connectivity index (χ1) is 25.3. The van der Waals surface area contributed by atoms with Gasteiger partial charge in [0.05, 0.1) is 22.4 Å². The standard InChI is InChI=1S/C48H32N2O/c1-3-12-33(13-4-1)36-14-11-17-40(30-36)50-43-19-8-7-18-41(43)42-31-37(26-28-44(42)50)34-22-24-35(25-23-34)38-27-29-46-48(32-38)51-47-21-10-9-20-45(47)49(46)39-15-5-2-6-16-39/h1-32H. The molecule has 0 amide bonds. The monoisotopic (exact) mass is 652 g/mol. The second-order valence-corrected chi connectivity index (χ2v) is 13.0. The summed E-state index contributed by atoms with van der Waals surface area (Å²) in [5.74, 6) is 1.69. The van der Waals surface area contributed by atoms with Gasteiger partial charge in [-0.05, 0) is 100 Å². The summed E-state index contributed by atoms with van der Waals surface area (Å²) in [5, 5.41) is 2.49. The topological polar surface area (TPSA) is 17.4 Å². The molecular formula is C48H32N2O. The van der Waals surface area contributed by atoms with Crippen LogP contribution in [0.5, 0.6) is 11.5 Å². The van der Waals surface area contributed by atoms with Crippen molar-refractivity contribution in [2.75, 3.05) is 4.90 Å². The number of para-hydroxylation sites is 4. The first-order valence-electron chi connectivity index (χ1n) is 17.3. The van der Waals surface area contributed by atoms with E-state index >= 15 is 0 Å². The van der Waals surface area contributed by atoms with Crippen molar-refractivity contribution < 1.29 is 4.74 Å². The Labute approximate surface area is 296 Å². The molecule has 0 radical (unpaired) electrons. The molecule has 8 aromatic carbocycles. The predicted octanol–water partition coefficient (Wildman–Crippen LogP) is 13.4. The van der Waals surface area contributed by atoms with E-state index in [0.29, 0.717) is 0 Å². The van der Waals surface area contributed by atoms with Crippen LogP contribution >= 0.6 is 0 Å². The molecule has 1 aromatic heterocycles. The van der Waals surface area contributed by atoms with Crippen LogP contribution in [0.4, 0.5) is 17.1 Å². The molecule has 0 N–H and O–H groups in total. The molecule has 0 atom stereocenters. The third-order valence-corrected chi connectivity index (χ3v) is 9.98. The Morgan fingerprint density at radius 2 is 0.863 bits per heavy atom. The summed E-state index contributed by atoms with van der Waals surface area (Å²) in [6, 6.07) is 69.1. The summed E-state index contributed by atoms with van der Waals surface area (Å²) in [6.45, 7) is 0. The van der Waals surface area contributed by atoms with E-state index in [2.05, 4.69) is 185 Å². The molecule has 0 bridgehead atoms. The van der Waals surface area contributed by atoms with Crippen LogP contribution in [0, 0.1) is 0 Å². The Hall–Kier alpha value is -6.84. The minimum Gasteiger partial charge on any atom is -0.453 e. The lowest BCUT2D eigenvalue weighted by atomic mass is 9.98. The van der Waals surface area contributed by atoms with E-state index in [1.54, 1.807) is 0 Å². The summed E-state index contributed by atoms with van der Waals surface area (Å²) in [4.78, 5) is 2.27. The van der Waals surface area contributed by atoms with E-state index in [1.165, 1.54) is 44.1 Å². The van der Waals surface area contributed by atoms with Crippen LogP contribution in [0.15, 0.2) is 194 Å². The Kier molecular flexibility index (Phi) is 6.81. The minimum atomic E-state index is 0.843. The van der Waals surface area contributed by atoms with Crippen LogP contribution in [0.1, 0.15) is 0 Å². The maximum absolute atomic E-state index is 6.48. The molecule has 0 saturated carbocycles. The normalized spacial score (nSPS) is 12.0. The Morgan fingerprint density at radius 1 is 0.314 bits per heavy atom. The van der Waals surface area contributed by atoms with Gasteiger partial charge in [-0.3, -0.25) is 0 Å². The zero-order valence-corrected chi connectivity index (χ0v) is 27.8. The number of nitrogens with zero attached hydrogens (tertiary/aromatic N) is 2. The third kappa shape index (κ3) is 4.98. The molecule has 2 heterocycles. The average Bonchev–Trinajstić information content (AvgIpc) is 3.54. The molecule has 0 spiro atoms. The highest BCUT2D eigenvalue weighted by Crippen LogP contribution is 2.51. The predicted molar refractivity (Wildman–Crippen MR) is 212 cm³/mol. The van der Waals surface area contributed by atoms with Crippen molar-refractivity contribution in [3.8, 4) is 50.6 Å². The fraction of sp³-hybridized carbons (Fsp3) is 0. The van der Waals surface area contributed by atoms with E-state index in [9.17, 15) is 0 Å². The van der Waals surface area contributed by atoms with Gasteiger partial charge in [0, 0.05) is 22.1 Å². The molecule has 3 heteroatoms. The Balaban J connectivity index is 1.00. The molecule has 51 heavy (non-hydrogen) atoms. The fourth-order valence-corrected chi connectivity index (χ4v) is 7.53. The summed E-state index contributed by atoms with van der Waals surface area (Å²) < 4.78 is 8.87. The van der Waals surface area contributed by atoms with E-state index in [-0.39, 0.29) is 0 Å². The SMILES string of the molecule is c1ccc(-c2cccc(-n3c4ccccc4c4cc(-c5ccc(-c6ccc7c(c6)Oc6ccccc6N7c6ccccc6)cc5)ccc43)c2)cc1. The number of aromatic nitrogens is 1. The molecule has 240 valence electrons. The maximum atomic E-state index is 6.48. The van der Waals surface area contributed by atoms with Crippen LogP contribution < -0.4 is 9.64 Å². The lowest BCUT2D eigenvalue weighted by Crippen LogP contribution is -2.15. The molecule has 0 aliphatic carbocycles. The number of anilines is 3. The van der Waals surface area contributed by atoms with Gasteiger partial charge in [0.15, 0.2) is 11.5 Å². The summed E-state index contributed by atoms with van der Waals surface area (Å²) >= 11 is 0. The number of ether oxygens (including phenoxy) is 1. The van der Waals surface area contributed by atoms with Crippen molar-refractivity contribution in [2.24, 2.45) is 0 Å². The van der Waals surface area contributed by atoms with Crippen LogP contribution in [0.25, 0.3) is 60.9 Å². The number of hydrogen-bond acceptors (Lipinski definition) is 2. The molecule has 0 unspecified atom stereocenters. The molecule has 10 rings (SSSR count). The molecule has 3 nitrogen and oxygen atoms in total. The first-order valence-corrected chi connectivity index (χ1v) is 17.3. The van der Waals surface area contributed by atoms with Crippen molar-refractivity contribution in [3.05, 3.63) is 194 Å². The van der Waals surface area contributed by atoms with Crippen LogP contribution in [0.2, 0.25) is 0 Å². The van der Waals surface area contributed by atoms with Gasteiger partial charge >= 0.3 is 0 Å². The van der Waals surface area contributed by atoms with Gasteiger partial charge in [0.1, 0.15) is 0 Å². The second kappa shape index (κ2) is 11.9. The van der Waals surface area contributed by atoms with Crippen molar-refractivity contribution in [1.29, 1.82) is 0 Å². The van der Waals surface area contributed by atoms with Gasteiger partial charge in [-0.15, -0.1) is 0 Å². The van der Waals surface area contributed by atoms with Crippen LogP contribution in [-0.2, 0) is 0 Å². The number of fused-ring (bicyclic) bond motifs is 5.